The Labute approximate surface area is 142 Å². The average Bonchev–Trinajstić information content (AvgIpc) is 2.98. The van der Waals surface area contributed by atoms with Gasteiger partial charge in [0.1, 0.15) is 16.3 Å². The minimum absolute atomic E-state index is 0.0593. The van der Waals surface area contributed by atoms with Crippen LogP contribution < -0.4 is 15.9 Å². The van der Waals surface area contributed by atoms with Crippen LogP contribution in [-0.4, -0.2) is 15.5 Å². The smallest absolute Gasteiger partial charge is 0.431 e. The summed E-state index contributed by atoms with van der Waals surface area (Å²) in [7, 11) is 1.21. The second kappa shape index (κ2) is 5.88. The van der Waals surface area contributed by atoms with E-state index < -0.39 is 23.2 Å². The number of benzene rings is 1. The number of aryl methyl sites for hydroxylation is 1. The lowest BCUT2D eigenvalue weighted by molar-refractivity contribution is -0.143. The first-order valence-corrected chi connectivity index (χ1v) is 7.63. The van der Waals surface area contributed by atoms with E-state index in [0.29, 0.717) is 6.07 Å². The number of nitrogens with zero attached hydrogens (tertiary/aromatic N) is 2. The highest BCUT2D eigenvalue weighted by Gasteiger charge is 2.34. The predicted octanol–water partition coefficient (Wildman–Crippen LogP) is 2.91. The summed E-state index contributed by atoms with van der Waals surface area (Å²) >= 11 is 0.900. The number of primary amides is 1. The van der Waals surface area contributed by atoms with Crippen molar-refractivity contribution in [2.24, 2.45) is 12.8 Å². The van der Waals surface area contributed by atoms with Crippen LogP contribution in [0.2, 0.25) is 0 Å². The van der Waals surface area contributed by atoms with Crippen molar-refractivity contribution in [2.45, 2.75) is 6.18 Å². The van der Waals surface area contributed by atoms with Crippen molar-refractivity contribution in [3.63, 3.8) is 0 Å². The van der Waals surface area contributed by atoms with E-state index in [0.717, 1.165) is 15.9 Å². The van der Waals surface area contributed by atoms with Crippen molar-refractivity contribution >= 4 is 28.1 Å². The van der Waals surface area contributed by atoms with Crippen LogP contribution in [0.4, 0.5) is 13.2 Å². The number of alkyl halides is 3. The summed E-state index contributed by atoms with van der Waals surface area (Å²) in [6.07, 6.45) is -3.43. The van der Waals surface area contributed by atoms with Crippen molar-refractivity contribution in [3.05, 3.63) is 51.3 Å². The van der Waals surface area contributed by atoms with Crippen LogP contribution in [0.1, 0.15) is 15.4 Å². The Bertz CT molecular complexity index is 1040. The van der Waals surface area contributed by atoms with Crippen LogP contribution in [0.25, 0.3) is 10.9 Å². The van der Waals surface area contributed by atoms with Gasteiger partial charge in [-0.1, -0.05) is 11.3 Å². The molecule has 0 unspecified atom stereocenters. The maximum atomic E-state index is 13.0. The zero-order valence-electron chi connectivity index (χ0n) is 12.6. The molecule has 2 heterocycles. The van der Waals surface area contributed by atoms with Gasteiger partial charge in [-0.2, -0.15) is 13.2 Å². The predicted molar refractivity (Wildman–Crippen MR) is 84.9 cm³/mol. The van der Waals surface area contributed by atoms with E-state index in [1.165, 1.54) is 31.4 Å². The fourth-order valence-corrected chi connectivity index (χ4v) is 2.92. The van der Waals surface area contributed by atoms with Crippen LogP contribution in [0.15, 0.2) is 35.3 Å². The first-order valence-electron chi connectivity index (χ1n) is 6.81. The zero-order chi connectivity index (χ0) is 18.4. The molecule has 10 heteroatoms. The van der Waals surface area contributed by atoms with E-state index >= 15 is 0 Å². The van der Waals surface area contributed by atoms with Gasteiger partial charge < -0.3 is 15.0 Å². The summed E-state index contributed by atoms with van der Waals surface area (Å²) in [5.74, 6) is -0.490. The molecular weight excluding hydrogens is 359 g/mol. The molecule has 130 valence electrons. The molecule has 3 rings (SSSR count). The molecule has 2 N–H and O–H groups in total. The summed E-state index contributed by atoms with van der Waals surface area (Å²) in [6, 6.07) is 4.66. The van der Waals surface area contributed by atoms with Gasteiger partial charge in [-0.25, -0.2) is 4.98 Å². The fourth-order valence-electron chi connectivity index (χ4n) is 2.28. The van der Waals surface area contributed by atoms with Crippen LogP contribution in [-0.2, 0) is 13.2 Å². The number of rotatable bonds is 3. The van der Waals surface area contributed by atoms with E-state index in [9.17, 15) is 22.8 Å². The normalized spacial score (nSPS) is 11.7. The van der Waals surface area contributed by atoms with Crippen molar-refractivity contribution in [2.75, 3.05) is 0 Å². The lowest BCUT2D eigenvalue weighted by Gasteiger charge is -2.15. The fraction of sp³-hybridized carbons (Fsp3) is 0.133. The molecule has 6 nitrogen and oxygen atoms in total. The first-order chi connectivity index (χ1) is 11.7. The van der Waals surface area contributed by atoms with Crippen LogP contribution in [0, 0.1) is 0 Å². The maximum absolute atomic E-state index is 13.0. The van der Waals surface area contributed by atoms with Gasteiger partial charge in [-0.3, -0.25) is 9.59 Å². The molecule has 1 amide bonds. The average molecular weight is 369 g/mol. The topological polar surface area (TPSA) is 87.2 Å². The second-order valence-corrected chi connectivity index (χ2v) is 6.08. The molecule has 2 aromatic heterocycles. The van der Waals surface area contributed by atoms with Gasteiger partial charge in [0.2, 0.25) is 0 Å². The number of pyridine rings is 1. The Kier molecular flexibility index (Phi) is 3.99. The van der Waals surface area contributed by atoms with Gasteiger partial charge in [-0.15, -0.1) is 0 Å². The van der Waals surface area contributed by atoms with E-state index in [2.05, 4.69) is 4.98 Å². The highest BCUT2D eigenvalue weighted by molar-refractivity contribution is 7.15. The molecule has 0 aliphatic carbocycles. The zero-order valence-corrected chi connectivity index (χ0v) is 13.4. The Balaban J connectivity index is 2.07. The lowest BCUT2D eigenvalue weighted by atomic mass is 10.1. The molecule has 0 atom stereocenters. The molecule has 0 aliphatic rings. The monoisotopic (exact) mass is 369 g/mol. The first kappa shape index (κ1) is 17.0. The van der Waals surface area contributed by atoms with E-state index in [1.54, 1.807) is 0 Å². The highest BCUT2D eigenvalue weighted by Crippen LogP contribution is 2.32. The number of carbonyl (C=O) groups is 1. The minimum atomic E-state index is -4.66. The number of nitrogens with two attached hydrogens (primary N) is 1. The Hall–Kier alpha value is -2.88. The van der Waals surface area contributed by atoms with Gasteiger partial charge in [0.15, 0.2) is 5.43 Å². The molecule has 0 saturated heterocycles. The summed E-state index contributed by atoms with van der Waals surface area (Å²) in [5, 5.41) is 0.227. The van der Waals surface area contributed by atoms with Gasteiger partial charge >= 0.3 is 6.18 Å². The van der Waals surface area contributed by atoms with Crippen LogP contribution >= 0.6 is 11.3 Å². The standard InChI is InChI=1S/C15H10F3N3O3S/c1-21-9-4-7(24-14-20-6-11(25-14)13(19)23)2-3-8(9)10(22)5-12(21)15(16,17)18/h2-6H,1H3,(H2,19,23). The van der Waals surface area contributed by atoms with E-state index in [1.807, 2.05) is 0 Å². The van der Waals surface area contributed by atoms with E-state index in [4.69, 9.17) is 10.5 Å². The summed E-state index contributed by atoms with van der Waals surface area (Å²) in [4.78, 5) is 27.0. The van der Waals surface area contributed by atoms with Gasteiger partial charge in [0.05, 0.1) is 11.7 Å². The molecule has 0 spiro atoms. The lowest BCUT2D eigenvalue weighted by Crippen LogP contribution is -2.19. The Morgan fingerprint density at radius 1 is 1.32 bits per heavy atom. The number of thiazole rings is 1. The quantitative estimate of drug-likeness (QED) is 0.769. The van der Waals surface area contributed by atoms with Crippen molar-refractivity contribution < 1.29 is 22.7 Å². The largest absolute Gasteiger partial charge is 0.431 e. The molecule has 25 heavy (non-hydrogen) atoms. The number of fused-ring (bicyclic) bond motifs is 1. The SMILES string of the molecule is Cn1c(C(F)(F)F)cc(=O)c2ccc(Oc3ncc(C(N)=O)s3)cc21. The third kappa shape index (κ3) is 3.20. The van der Waals surface area contributed by atoms with Crippen molar-refractivity contribution in [1.82, 2.24) is 9.55 Å². The van der Waals surface area contributed by atoms with Crippen LogP contribution in [0.5, 0.6) is 10.9 Å². The molecule has 0 radical (unpaired) electrons. The molecule has 0 bridgehead atoms. The summed E-state index contributed by atoms with van der Waals surface area (Å²) in [6.45, 7) is 0. The highest BCUT2D eigenvalue weighted by atomic mass is 32.1. The Morgan fingerprint density at radius 2 is 2.04 bits per heavy atom. The minimum Gasteiger partial charge on any atom is -0.431 e. The van der Waals surface area contributed by atoms with Gasteiger partial charge in [0.25, 0.3) is 11.1 Å². The molecular formula is C15H10F3N3O3S. The Morgan fingerprint density at radius 3 is 2.64 bits per heavy atom. The van der Waals surface area contributed by atoms with Crippen LogP contribution in [0.3, 0.4) is 0 Å². The van der Waals surface area contributed by atoms with Crippen molar-refractivity contribution in [3.8, 4) is 10.9 Å². The third-order valence-corrected chi connectivity index (χ3v) is 4.34. The van der Waals surface area contributed by atoms with Gasteiger partial charge in [0, 0.05) is 24.6 Å². The van der Waals surface area contributed by atoms with E-state index in [-0.39, 0.29) is 26.7 Å². The molecule has 0 saturated carbocycles. The molecule has 3 aromatic rings. The number of halogens is 3. The molecule has 1 aromatic carbocycles. The number of aromatic nitrogens is 2. The number of hydrogen-bond acceptors (Lipinski definition) is 5. The molecule has 0 fully saturated rings. The molecule has 0 aliphatic heterocycles. The summed E-state index contributed by atoms with van der Waals surface area (Å²) in [5.41, 5.74) is 3.38. The number of ether oxygens (including phenoxy) is 1. The summed E-state index contributed by atoms with van der Waals surface area (Å²) < 4.78 is 45.4. The van der Waals surface area contributed by atoms with Gasteiger partial charge in [-0.05, 0) is 12.1 Å². The maximum Gasteiger partial charge on any atom is 0.431 e. The number of carbonyl (C=O) groups excluding carboxylic acids is 1. The van der Waals surface area contributed by atoms with Crippen molar-refractivity contribution in [1.29, 1.82) is 0 Å². The number of amides is 1. The number of hydrogen-bond donors (Lipinski definition) is 1. The third-order valence-electron chi connectivity index (χ3n) is 3.45. The second-order valence-electron chi connectivity index (χ2n) is 5.09.